The highest BCUT2D eigenvalue weighted by Crippen LogP contribution is 2.11. The minimum atomic E-state index is 0.00674. The lowest BCUT2D eigenvalue weighted by Crippen LogP contribution is -2.09. The molecule has 2 aromatic carbocycles. The monoisotopic (exact) mass is 278 g/mol. The molecule has 3 aromatic rings. The molecule has 3 rings (SSSR count). The van der Waals surface area contributed by atoms with Gasteiger partial charge < -0.3 is 0 Å². The van der Waals surface area contributed by atoms with Crippen LogP contribution in [0.1, 0.15) is 22.4 Å². The summed E-state index contributed by atoms with van der Waals surface area (Å²) in [4.78, 5) is 12.2. The molecule has 0 aliphatic carbocycles. The zero-order chi connectivity index (χ0) is 14.7. The summed E-state index contributed by atoms with van der Waals surface area (Å²) in [5, 5.41) is 2.94. The first-order valence-corrected chi connectivity index (χ1v) is 7.10. The number of benzene rings is 2. The molecular formula is C18H18N2O. The molecule has 0 aliphatic heterocycles. The molecule has 3 heteroatoms. The van der Waals surface area contributed by atoms with E-state index in [1.807, 2.05) is 60.1 Å². The Bertz CT molecular complexity index is 770. The van der Waals surface area contributed by atoms with Gasteiger partial charge in [0, 0.05) is 17.7 Å². The normalized spacial score (nSPS) is 10.7. The Morgan fingerprint density at radius 1 is 0.905 bits per heavy atom. The molecule has 0 spiro atoms. The maximum Gasteiger partial charge on any atom is 0.267 e. The molecule has 0 saturated carbocycles. The maximum atomic E-state index is 12.2. The van der Waals surface area contributed by atoms with E-state index in [0.29, 0.717) is 13.0 Å². The standard InChI is InChI=1S/C18H18N2O/c1-14-17(12-15-8-4-2-5-9-15)18(21)19-20(14)13-16-10-6-3-7-11-16/h2-11H,12-13H2,1H3,(H,19,21). The molecule has 0 unspecified atom stereocenters. The van der Waals surface area contributed by atoms with Crippen LogP contribution in [0.25, 0.3) is 0 Å². The van der Waals surface area contributed by atoms with E-state index in [1.54, 1.807) is 0 Å². The van der Waals surface area contributed by atoms with E-state index in [1.165, 1.54) is 5.56 Å². The van der Waals surface area contributed by atoms with Crippen LogP contribution < -0.4 is 5.56 Å². The molecule has 0 aliphatic rings. The van der Waals surface area contributed by atoms with Crippen LogP contribution in [0.2, 0.25) is 0 Å². The number of hydrogen-bond donors (Lipinski definition) is 1. The van der Waals surface area contributed by atoms with Crippen molar-refractivity contribution in [1.29, 1.82) is 0 Å². The van der Waals surface area contributed by atoms with Crippen molar-refractivity contribution in [3.63, 3.8) is 0 Å². The predicted octanol–water partition coefficient (Wildman–Crippen LogP) is 3.12. The van der Waals surface area contributed by atoms with E-state index in [4.69, 9.17) is 0 Å². The van der Waals surface area contributed by atoms with E-state index in [0.717, 1.165) is 16.8 Å². The second kappa shape index (κ2) is 5.83. The van der Waals surface area contributed by atoms with Gasteiger partial charge >= 0.3 is 0 Å². The fourth-order valence-electron chi connectivity index (χ4n) is 2.53. The van der Waals surface area contributed by atoms with E-state index in [-0.39, 0.29) is 5.56 Å². The van der Waals surface area contributed by atoms with Crippen molar-refractivity contribution in [1.82, 2.24) is 9.78 Å². The molecule has 0 radical (unpaired) electrons. The van der Waals surface area contributed by atoms with Gasteiger partial charge in [0.25, 0.3) is 5.56 Å². The van der Waals surface area contributed by atoms with Crippen molar-refractivity contribution in [2.24, 2.45) is 0 Å². The lowest BCUT2D eigenvalue weighted by Gasteiger charge is -2.06. The molecule has 0 bridgehead atoms. The number of aromatic nitrogens is 2. The molecular weight excluding hydrogens is 260 g/mol. The van der Waals surface area contributed by atoms with Crippen LogP contribution >= 0.6 is 0 Å². The molecule has 1 heterocycles. The van der Waals surface area contributed by atoms with Crippen LogP contribution in [0.5, 0.6) is 0 Å². The van der Waals surface area contributed by atoms with E-state index >= 15 is 0 Å². The number of nitrogens with zero attached hydrogens (tertiary/aromatic N) is 1. The quantitative estimate of drug-likeness (QED) is 0.782. The van der Waals surface area contributed by atoms with Crippen molar-refractivity contribution in [3.05, 3.63) is 93.4 Å². The van der Waals surface area contributed by atoms with Crippen molar-refractivity contribution in [2.45, 2.75) is 19.9 Å². The summed E-state index contributed by atoms with van der Waals surface area (Å²) in [6.07, 6.45) is 0.670. The predicted molar refractivity (Wildman–Crippen MR) is 84.6 cm³/mol. The van der Waals surface area contributed by atoms with Gasteiger partial charge in [0.1, 0.15) is 0 Å². The summed E-state index contributed by atoms with van der Waals surface area (Å²) < 4.78 is 1.93. The van der Waals surface area contributed by atoms with Crippen LogP contribution in [0.4, 0.5) is 0 Å². The van der Waals surface area contributed by atoms with Crippen LogP contribution in [-0.4, -0.2) is 9.78 Å². The van der Waals surface area contributed by atoms with Crippen molar-refractivity contribution in [3.8, 4) is 0 Å². The van der Waals surface area contributed by atoms with Gasteiger partial charge in [-0.2, -0.15) is 0 Å². The molecule has 3 nitrogen and oxygen atoms in total. The molecule has 1 N–H and O–H groups in total. The zero-order valence-corrected chi connectivity index (χ0v) is 12.0. The van der Waals surface area contributed by atoms with E-state index in [9.17, 15) is 4.79 Å². The van der Waals surface area contributed by atoms with Crippen LogP contribution in [0.3, 0.4) is 0 Å². The van der Waals surface area contributed by atoms with Crippen molar-refractivity contribution < 1.29 is 0 Å². The fraction of sp³-hybridized carbons (Fsp3) is 0.167. The Balaban J connectivity index is 1.88. The molecule has 0 amide bonds. The third-order valence-electron chi connectivity index (χ3n) is 3.76. The summed E-state index contributed by atoms with van der Waals surface area (Å²) in [5.41, 5.74) is 4.19. The van der Waals surface area contributed by atoms with Gasteiger partial charge in [0.15, 0.2) is 0 Å². The summed E-state index contributed by atoms with van der Waals surface area (Å²) in [6, 6.07) is 20.2. The minimum absolute atomic E-state index is 0.00674. The minimum Gasteiger partial charge on any atom is -0.285 e. The van der Waals surface area contributed by atoms with Gasteiger partial charge in [-0.3, -0.25) is 14.6 Å². The van der Waals surface area contributed by atoms with Crippen LogP contribution in [-0.2, 0) is 13.0 Å². The number of hydrogen-bond acceptors (Lipinski definition) is 1. The average Bonchev–Trinajstić information content (AvgIpc) is 2.77. The summed E-state index contributed by atoms with van der Waals surface area (Å²) in [7, 11) is 0. The fourth-order valence-corrected chi connectivity index (χ4v) is 2.53. The van der Waals surface area contributed by atoms with Crippen LogP contribution in [0.15, 0.2) is 65.5 Å². The first kappa shape index (κ1) is 13.4. The van der Waals surface area contributed by atoms with Gasteiger partial charge in [-0.1, -0.05) is 60.7 Å². The van der Waals surface area contributed by atoms with Gasteiger partial charge in [-0.05, 0) is 18.1 Å². The highest BCUT2D eigenvalue weighted by atomic mass is 16.1. The summed E-state index contributed by atoms with van der Waals surface area (Å²) >= 11 is 0. The van der Waals surface area contributed by atoms with Gasteiger partial charge in [-0.25, -0.2) is 0 Å². The topological polar surface area (TPSA) is 37.8 Å². The number of nitrogens with one attached hydrogen (secondary N) is 1. The molecule has 0 fully saturated rings. The Labute approximate surface area is 123 Å². The summed E-state index contributed by atoms with van der Waals surface area (Å²) in [5.74, 6) is 0. The first-order valence-electron chi connectivity index (χ1n) is 7.10. The smallest absolute Gasteiger partial charge is 0.267 e. The van der Waals surface area contributed by atoms with E-state index < -0.39 is 0 Å². The van der Waals surface area contributed by atoms with Crippen molar-refractivity contribution in [2.75, 3.05) is 0 Å². The molecule has 1 aromatic heterocycles. The second-order valence-corrected chi connectivity index (χ2v) is 5.24. The lowest BCUT2D eigenvalue weighted by molar-refractivity contribution is 0.658. The molecule has 0 atom stereocenters. The Morgan fingerprint density at radius 2 is 1.48 bits per heavy atom. The Morgan fingerprint density at radius 3 is 2.10 bits per heavy atom. The second-order valence-electron chi connectivity index (χ2n) is 5.24. The molecule has 106 valence electrons. The largest absolute Gasteiger partial charge is 0.285 e. The average molecular weight is 278 g/mol. The number of rotatable bonds is 4. The van der Waals surface area contributed by atoms with Gasteiger partial charge in [-0.15, -0.1) is 0 Å². The maximum absolute atomic E-state index is 12.2. The highest BCUT2D eigenvalue weighted by Gasteiger charge is 2.11. The van der Waals surface area contributed by atoms with Crippen LogP contribution in [0, 0.1) is 6.92 Å². The number of H-pyrrole nitrogens is 1. The highest BCUT2D eigenvalue weighted by molar-refractivity contribution is 5.27. The van der Waals surface area contributed by atoms with Gasteiger partial charge in [0.2, 0.25) is 0 Å². The lowest BCUT2D eigenvalue weighted by atomic mass is 10.1. The third-order valence-corrected chi connectivity index (χ3v) is 3.76. The third kappa shape index (κ3) is 2.97. The molecule has 21 heavy (non-hydrogen) atoms. The molecule has 0 saturated heterocycles. The Hall–Kier alpha value is -2.55. The first-order chi connectivity index (χ1) is 10.2. The summed E-state index contributed by atoms with van der Waals surface area (Å²) in [6.45, 7) is 2.69. The van der Waals surface area contributed by atoms with Crippen molar-refractivity contribution >= 4 is 0 Å². The Kier molecular flexibility index (Phi) is 3.73. The SMILES string of the molecule is Cc1c(Cc2ccccc2)c(=O)[nH]n1Cc1ccccc1. The van der Waals surface area contributed by atoms with Gasteiger partial charge in [0.05, 0.1) is 6.54 Å². The zero-order valence-electron chi connectivity index (χ0n) is 12.0. The van der Waals surface area contributed by atoms with E-state index in [2.05, 4.69) is 17.2 Å². The number of aromatic amines is 1.